The normalized spacial score (nSPS) is 12.3. The highest BCUT2D eigenvalue weighted by Crippen LogP contribution is 2.29. The fourth-order valence-corrected chi connectivity index (χ4v) is 4.88. The highest BCUT2D eigenvalue weighted by Gasteiger charge is 2.29. The van der Waals surface area contributed by atoms with Crippen molar-refractivity contribution < 1.29 is 26.1 Å². The molecule has 7 nitrogen and oxygen atoms in total. The Labute approximate surface area is 131 Å². The Balaban J connectivity index is 3.37. The van der Waals surface area contributed by atoms with Gasteiger partial charge in [0.05, 0.1) is 20.0 Å². The summed E-state index contributed by atoms with van der Waals surface area (Å²) in [6.45, 7) is 0. The van der Waals surface area contributed by atoms with Crippen LogP contribution in [0.3, 0.4) is 0 Å². The zero-order valence-corrected chi connectivity index (χ0v) is 14.0. The number of hydrogen-bond donors (Lipinski definition) is 0. The average Bonchev–Trinajstić information content (AvgIpc) is 2.28. The Morgan fingerprint density at radius 2 is 1.80 bits per heavy atom. The van der Waals surface area contributed by atoms with Gasteiger partial charge >= 0.3 is 0 Å². The lowest BCUT2D eigenvalue weighted by Gasteiger charge is -2.05. The molecule has 1 aromatic carbocycles. The van der Waals surface area contributed by atoms with Gasteiger partial charge in [-0.15, -0.1) is 0 Å². The molecule has 0 radical (unpaired) electrons. The summed E-state index contributed by atoms with van der Waals surface area (Å²) in [5, 5.41) is 10.8. The van der Waals surface area contributed by atoms with Gasteiger partial charge in [0.2, 0.25) is 9.05 Å². The maximum absolute atomic E-state index is 13.4. The molecule has 0 spiro atoms. The predicted molar refractivity (Wildman–Crippen MR) is 77.5 cm³/mol. The van der Waals surface area contributed by atoms with E-state index in [9.17, 15) is 31.3 Å². The highest BCUT2D eigenvalue weighted by molar-refractivity contribution is 14.1. The van der Waals surface area contributed by atoms with Crippen LogP contribution in [-0.2, 0) is 18.9 Å². The van der Waals surface area contributed by atoms with Gasteiger partial charge in [-0.2, -0.15) is 0 Å². The largest absolute Gasteiger partial charge is 0.289 e. The molecule has 0 aliphatic heterocycles. The molecule has 0 atom stereocenters. The SMILES string of the molecule is O=[N+]([O-])c1cc(I)c(F)cc1S(=O)(=O)CCS(=O)(=O)Cl. The number of rotatable bonds is 5. The first kappa shape index (κ1) is 17.5. The molecule has 0 saturated heterocycles. The van der Waals surface area contributed by atoms with Crippen molar-refractivity contribution in [3.8, 4) is 0 Å². The van der Waals surface area contributed by atoms with Crippen LogP contribution in [0.1, 0.15) is 0 Å². The second-order valence-corrected chi connectivity index (χ2v) is 9.69. The van der Waals surface area contributed by atoms with Crippen LogP contribution in [0.5, 0.6) is 0 Å². The minimum Gasteiger partial charge on any atom is -0.258 e. The number of nitrogens with zero attached hydrogens (tertiary/aromatic N) is 1. The van der Waals surface area contributed by atoms with Crippen LogP contribution in [0.15, 0.2) is 17.0 Å². The average molecular weight is 458 g/mol. The fraction of sp³-hybridized carbons (Fsp3) is 0.250. The van der Waals surface area contributed by atoms with Gasteiger partial charge in [-0.05, 0) is 22.6 Å². The Morgan fingerprint density at radius 3 is 2.25 bits per heavy atom. The van der Waals surface area contributed by atoms with E-state index in [1.807, 2.05) is 0 Å². The molecule has 0 unspecified atom stereocenters. The number of halogens is 3. The van der Waals surface area contributed by atoms with Crippen LogP contribution in [0.4, 0.5) is 10.1 Å². The van der Waals surface area contributed by atoms with Crippen LogP contribution in [0, 0.1) is 19.5 Å². The molecule has 1 aromatic rings. The van der Waals surface area contributed by atoms with Crippen LogP contribution >= 0.6 is 33.3 Å². The van der Waals surface area contributed by atoms with E-state index in [0.29, 0.717) is 6.07 Å². The summed E-state index contributed by atoms with van der Waals surface area (Å²) in [5.41, 5.74) is -0.817. The second kappa shape index (κ2) is 6.07. The predicted octanol–water partition coefficient (Wildman–Crippen LogP) is 1.68. The molecule has 0 heterocycles. The van der Waals surface area contributed by atoms with E-state index in [1.165, 1.54) is 22.6 Å². The molecule has 0 saturated carbocycles. The minimum atomic E-state index is -4.36. The molecule has 0 aliphatic rings. The summed E-state index contributed by atoms with van der Waals surface area (Å²) in [6.07, 6.45) is 0. The summed E-state index contributed by atoms with van der Waals surface area (Å²) in [5.74, 6) is -2.86. The Hall–Kier alpha value is -0.530. The van der Waals surface area contributed by atoms with Crippen LogP contribution in [-0.4, -0.2) is 33.3 Å². The van der Waals surface area contributed by atoms with E-state index in [2.05, 4.69) is 0 Å². The third-order valence-electron chi connectivity index (χ3n) is 2.13. The van der Waals surface area contributed by atoms with Gasteiger partial charge in [-0.25, -0.2) is 21.2 Å². The summed E-state index contributed by atoms with van der Waals surface area (Å²) in [4.78, 5) is 8.95. The minimum absolute atomic E-state index is 0.127. The Morgan fingerprint density at radius 1 is 1.25 bits per heavy atom. The molecule has 0 N–H and O–H groups in total. The van der Waals surface area contributed by atoms with Crippen molar-refractivity contribution in [3.63, 3.8) is 0 Å². The lowest BCUT2D eigenvalue weighted by atomic mass is 10.3. The number of benzene rings is 1. The zero-order chi connectivity index (χ0) is 15.7. The van der Waals surface area contributed by atoms with Crippen LogP contribution in [0.25, 0.3) is 0 Å². The summed E-state index contributed by atoms with van der Waals surface area (Å²) >= 11 is 1.47. The molecule has 20 heavy (non-hydrogen) atoms. The van der Waals surface area contributed by atoms with Crippen LogP contribution in [0.2, 0.25) is 0 Å². The molecular formula is C8H6ClFINO6S2. The van der Waals surface area contributed by atoms with Gasteiger partial charge in [0.15, 0.2) is 9.84 Å². The number of hydrogen-bond acceptors (Lipinski definition) is 6. The van der Waals surface area contributed by atoms with Crippen molar-refractivity contribution in [1.29, 1.82) is 0 Å². The summed E-state index contributed by atoms with van der Waals surface area (Å²) < 4.78 is 58.5. The fourth-order valence-electron chi connectivity index (χ4n) is 1.23. The van der Waals surface area contributed by atoms with E-state index in [-0.39, 0.29) is 3.57 Å². The number of sulfone groups is 1. The summed E-state index contributed by atoms with van der Waals surface area (Å²) in [7, 11) is -3.56. The molecule has 0 aliphatic carbocycles. The first-order valence-corrected chi connectivity index (χ1v) is 9.93. The van der Waals surface area contributed by atoms with Crippen LogP contribution < -0.4 is 0 Å². The van der Waals surface area contributed by atoms with Gasteiger partial charge in [0, 0.05) is 22.8 Å². The maximum Gasteiger partial charge on any atom is 0.289 e. The monoisotopic (exact) mass is 457 g/mol. The molecule has 0 fully saturated rings. The maximum atomic E-state index is 13.4. The van der Waals surface area contributed by atoms with Crippen molar-refractivity contribution in [1.82, 2.24) is 0 Å². The first-order chi connectivity index (χ1) is 8.94. The van der Waals surface area contributed by atoms with E-state index in [1.54, 1.807) is 0 Å². The second-order valence-electron chi connectivity index (χ2n) is 3.55. The molecule has 0 aromatic heterocycles. The van der Waals surface area contributed by atoms with Gasteiger partial charge < -0.3 is 0 Å². The van der Waals surface area contributed by atoms with E-state index in [0.717, 1.165) is 6.07 Å². The Kier molecular flexibility index (Phi) is 5.32. The molecule has 0 amide bonds. The highest BCUT2D eigenvalue weighted by atomic mass is 127. The van der Waals surface area contributed by atoms with E-state index in [4.69, 9.17) is 10.7 Å². The van der Waals surface area contributed by atoms with Gasteiger partial charge in [0.25, 0.3) is 5.69 Å². The molecular weight excluding hydrogens is 452 g/mol. The van der Waals surface area contributed by atoms with Gasteiger partial charge in [0.1, 0.15) is 10.7 Å². The van der Waals surface area contributed by atoms with Gasteiger partial charge in [-0.1, -0.05) is 0 Å². The third-order valence-corrected chi connectivity index (χ3v) is 6.11. The lowest BCUT2D eigenvalue weighted by Crippen LogP contribution is -2.16. The van der Waals surface area contributed by atoms with E-state index >= 15 is 0 Å². The first-order valence-electron chi connectivity index (χ1n) is 4.72. The molecule has 112 valence electrons. The van der Waals surface area contributed by atoms with Crippen molar-refractivity contribution in [2.45, 2.75) is 4.90 Å². The molecule has 0 bridgehead atoms. The quantitative estimate of drug-likeness (QED) is 0.288. The van der Waals surface area contributed by atoms with Crippen molar-refractivity contribution in [3.05, 3.63) is 31.6 Å². The molecule has 12 heteroatoms. The van der Waals surface area contributed by atoms with Crippen molar-refractivity contribution in [2.75, 3.05) is 11.5 Å². The Bertz CT molecular complexity index is 763. The smallest absolute Gasteiger partial charge is 0.258 e. The number of nitro groups is 1. The summed E-state index contributed by atoms with van der Waals surface area (Å²) in [6, 6.07) is 1.26. The van der Waals surface area contributed by atoms with E-state index < -0.39 is 51.7 Å². The van der Waals surface area contributed by atoms with Gasteiger partial charge in [-0.3, -0.25) is 10.1 Å². The number of nitro benzene ring substituents is 1. The van der Waals surface area contributed by atoms with Crippen molar-refractivity contribution >= 4 is 57.8 Å². The van der Waals surface area contributed by atoms with Crippen molar-refractivity contribution in [2.24, 2.45) is 0 Å². The topological polar surface area (TPSA) is 111 Å². The molecule has 1 rings (SSSR count). The third kappa shape index (κ3) is 4.49. The zero-order valence-electron chi connectivity index (χ0n) is 9.42. The standard InChI is InChI=1S/C8H6ClFINO6S2/c9-20(17,18)2-1-19(15,16)8-3-5(10)6(11)4-7(8)12(13)14/h3-4H,1-2H2. The lowest BCUT2D eigenvalue weighted by molar-refractivity contribution is -0.388.